The van der Waals surface area contributed by atoms with Crippen molar-refractivity contribution in [3.8, 4) is 5.69 Å². The van der Waals surface area contributed by atoms with E-state index in [0.29, 0.717) is 0 Å². The van der Waals surface area contributed by atoms with Crippen LogP contribution in [0.3, 0.4) is 0 Å². The van der Waals surface area contributed by atoms with E-state index in [4.69, 9.17) is 5.73 Å². The van der Waals surface area contributed by atoms with Crippen molar-refractivity contribution in [2.75, 3.05) is 5.73 Å². The number of aryl methyl sites for hydroxylation is 1. The molecule has 3 nitrogen and oxygen atoms in total. The average Bonchev–Trinajstić information content (AvgIpc) is 2.69. The maximum atomic E-state index is 5.72. The van der Waals surface area contributed by atoms with Crippen LogP contribution in [0.4, 0.5) is 5.69 Å². The van der Waals surface area contributed by atoms with Crippen LogP contribution in [0.15, 0.2) is 24.3 Å². The molecule has 3 rings (SSSR count). The number of fused-ring (bicyclic) bond motifs is 1. The quantitative estimate of drug-likeness (QED) is 0.761. The zero-order valence-electron chi connectivity index (χ0n) is 10.1. The summed E-state index contributed by atoms with van der Waals surface area (Å²) in [6, 6.07) is 7.94. The van der Waals surface area contributed by atoms with Gasteiger partial charge in [0.05, 0.1) is 11.4 Å². The minimum absolute atomic E-state index is 0.798. The minimum atomic E-state index is 0.798. The van der Waals surface area contributed by atoms with Crippen molar-refractivity contribution in [3.63, 3.8) is 0 Å². The second-order valence-electron chi connectivity index (χ2n) is 4.72. The van der Waals surface area contributed by atoms with Gasteiger partial charge in [-0.3, -0.25) is 0 Å². The molecule has 1 aromatic carbocycles. The molecule has 0 aliphatic heterocycles. The molecule has 0 saturated heterocycles. The summed E-state index contributed by atoms with van der Waals surface area (Å²) in [5, 5.41) is 4.67. The zero-order chi connectivity index (χ0) is 11.8. The highest BCUT2D eigenvalue weighted by molar-refractivity contribution is 5.46. The molecular formula is C14H17N3. The zero-order valence-corrected chi connectivity index (χ0v) is 10.1. The summed E-state index contributed by atoms with van der Waals surface area (Å²) in [5.74, 6) is 0. The van der Waals surface area contributed by atoms with E-state index < -0.39 is 0 Å². The van der Waals surface area contributed by atoms with E-state index in [2.05, 4.69) is 16.7 Å². The maximum absolute atomic E-state index is 5.72. The molecule has 0 fully saturated rings. The van der Waals surface area contributed by atoms with Crippen molar-refractivity contribution in [1.82, 2.24) is 9.78 Å². The third-order valence-corrected chi connectivity index (χ3v) is 3.52. The molecule has 0 radical (unpaired) electrons. The molecule has 0 unspecified atom stereocenters. The predicted octanol–water partition coefficient (Wildman–Crippen LogP) is 2.64. The van der Waals surface area contributed by atoms with Crippen molar-refractivity contribution >= 4 is 5.69 Å². The van der Waals surface area contributed by atoms with Crippen molar-refractivity contribution in [1.29, 1.82) is 0 Å². The molecule has 88 valence electrons. The number of nitrogens with two attached hydrogens (primary N) is 1. The molecule has 0 saturated carbocycles. The second kappa shape index (κ2) is 3.91. The van der Waals surface area contributed by atoms with E-state index in [1.165, 1.54) is 36.2 Å². The molecule has 3 heteroatoms. The summed E-state index contributed by atoms with van der Waals surface area (Å²) in [4.78, 5) is 0. The van der Waals surface area contributed by atoms with Gasteiger partial charge in [-0.15, -0.1) is 0 Å². The largest absolute Gasteiger partial charge is 0.399 e. The van der Waals surface area contributed by atoms with Gasteiger partial charge in [0.2, 0.25) is 0 Å². The van der Waals surface area contributed by atoms with Crippen LogP contribution >= 0.6 is 0 Å². The van der Waals surface area contributed by atoms with Crippen LogP contribution in [0.25, 0.3) is 5.69 Å². The standard InChI is InChI=1S/C14H17N3/c1-10-13-4-2-3-5-14(13)17(16-10)12-8-6-11(15)7-9-12/h6-9H,2-5,15H2,1H3. The number of aromatic nitrogens is 2. The van der Waals surface area contributed by atoms with Crippen LogP contribution in [-0.2, 0) is 12.8 Å². The van der Waals surface area contributed by atoms with E-state index in [1.807, 2.05) is 24.3 Å². The highest BCUT2D eigenvalue weighted by atomic mass is 15.3. The van der Waals surface area contributed by atoms with Crippen LogP contribution in [0.2, 0.25) is 0 Å². The normalized spacial score (nSPS) is 14.6. The van der Waals surface area contributed by atoms with Gasteiger partial charge in [-0.05, 0) is 62.4 Å². The fraction of sp³-hybridized carbons (Fsp3) is 0.357. The van der Waals surface area contributed by atoms with Crippen LogP contribution in [0.1, 0.15) is 29.8 Å². The molecule has 17 heavy (non-hydrogen) atoms. The lowest BCUT2D eigenvalue weighted by Crippen LogP contribution is -2.07. The Labute approximate surface area is 101 Å². The summed E-state index contributed by atoms with van der Waals surface area (Å²) in [7, 11) is 0. The molecule has 1 aliphatic carbocycles. The Hall–Kier alpha value is -1.77. The van der Waals surface area contributed by atoms with Gasteiger partial charge in [-0.25, -0.2) is 4.68 Å². The Morgan fingerprint density at radius 2 is 1.82 bits per heavy atom. The summed E-state index contributed by atoms with van der Waals surface area (Å²) in [5.41, 5.74) is 11.6. The Balaban J connectivity index is 2.11. The van der Waals surface area contributed by atoms with Crippen molar-refractivity contribution < 1.29 is 0 Å². The first-order valence-electron chi connectivity index (χ1n) is 6.19. The fourth-order valence-electron chi connectivity index (χ4n) is 2.61. The minimum Gasteiger partial charge on any atom is -0.399 e. The highest BCUT2D eigenvalue weighted by Crippen LogP contribution is 2.26. The van der Waals surface area contributed by atoms with Crippen LogP contribution < -0.4 is 5.73 Å². The number of nitrogens with zero attached hydrogens (tertiary/aromatic N) is 2. The molecule has 0 bridgehead atoms. The molecule has 2 aromatic rings. The van der Waals surface area contributed by atoms with Gasteiger partial charge in [0, 0.05) is 11.4 Å². The lowest BCUT2D eigenvalue weighted by molar-refractivity contribution is 0.653. The highest BCUT2D eigenvalue weighted by Gasteiger charge is 2.18. The molecule has 0 atom stereocenters. The van der Waals surface area contributed by atoms with Gasteiger partial charge < -0.3 is 5.73 Å². The summed E-state index contributed by atoms with van der Waals surface area (Å²) in [6.45, 7) is 2.11. The summed E-state index contributed by atoms with van der Waals surface area (Å²) >= 11 is 0. The van der Waals surface area contributed by atoms with Gasteiger partial charge in [-0.1, -0.05) is 0 Å². The van der Waals surface area contributed by atoms with Crippen molar-refractivity contribution in [3.05, 3.63) is 41.2 Å². The topological polar surface area (TPSA) is 43.8 Å². The van der Waals surface area contributed by atoms with Crippen LogP contribution in [0.5, 0.6) is 0 Å². The van der Waals surface area contributed by atoms with Gasteiger partial charge in [-0.2, -0.15) is 5.10 Å². The third kappa shape index (κ3) is 1.71. The van der Waals surface area contributed by atoms with E-state index in [1.54, 1.807) is 0 Å². The van der Waals surface area contributed by atoms with Gasteiger partial charge in [0.25, 0.3) is 0 Å². The van der Waals surface area contributed by atoms with Crippen LogP contribution in [-0.4, -0.2) is 9.78 Å². The summed E-state index contributed by atoms with van der Waals surface area (Å²) < 4.78 is 2.09. The molecule has 0 spiro atoms. The van der Waals surface area contributed by atoms with E-state index in [-0.39, 0.29) is 0 Å². The smallest absolute Gasteiger partial charge is 0.0650 e. The van der Waals surface area contributed by atoms with Gasteiger partial charge in [0.15, 0.2) is 0 Å². The van der Waals surface area contributed by atoms with Gasteiger partial charge in [0.1, 0.15) is 0 Å². The molecule has 1 heterocycles. The number of hydrogen-bond donors (Lipinski definition) is 1. The number of benzene rings is 1. The van der Waals surface area contributed by atoms with Crippen LogP contribution in [0, 0.1) is 6.92 Å². The second-order valence-corrected chi connectivity index (χ2v) is 4.72. The first kappa shape index (κ1) is 10.4. The summed E-state index contributed by atoms with van der Waals surface area (Å²) in [6.07, 6.45) is 4.88. The Morgan fingerprint density at radius 3 is 2.59 bits per heavy atom. The van der Waals surface area contributed by atoms with Gasteiger partial charge >= 0.3 is 0 Å². The Morgan fingerprint density at radius 1 is 1.12 bits per heavy atom. The number of nitrogen functional groups attached to an aromatic ring is 1. The third-order valence-electron chi connectivity index (χ3n) is 3.52. The molecular weight excluding hydrogens is 210 g/mol. The average molecular weight is 227 g/mol. The molecule has 1 aliphatic rings. The first-order chi connectivity index (χ1) is 8.25. The molecule has 1 aromatic heterocycles. The Kier molecular flexibility index (Phi) is 2.39. The van der Waals surface area contributed by atoms with E-state index >= 15 is 0 Å². The van der Waals surface area contributed by atoms with Crippen molar-refractivity contribution in [2.45, 2.75) is 32.6 Å². The maximum Gasteiger partial charge on any atom is 0.0650 e. The number of anilines is 1. The number of rotatable bonds is 1. The Bertz CT molecular complexity index is 537. The predicted molar refractivity (Wildman–Crippen MR) is 69.4 cm³/mol. The molecule has 2 N–H and O–H groups in total. The van der Waals surface area contributed by atoms with Crippen molar-refractivity contribution in [2.24, 2.45) is 0 Å². The first-order valence-corrected chi connectivity index (χ1v) is 6.19. The van der Waals surface area contributed by atoms with E-state index in [9.17, 15) is 0 Å². The lowest BCUT2D eigenvalue weighted by Gasteiger charge is -2.14. The lowest BCUT2D eigenvalue weighted by atomic mass is 9.96. The monoisotopic (exact) mass is 227 g/mol. The number of hydrogen-bond acceptors (Lipinski definition) is 2. The van der Waals surface area contributed by atoms with E-state index in [0.717, 1.165) is 17.8 Å². The fourth-order valence-corrected chi connectivity index (χ4v) is 2.61. The molecule has 0 amide bonds. The SMILES string of the molecule is Cc1nn(-c2ccc(N)cc2)c2c1CCCC2.